The minimum atomic E-state index is -1.03. The predicted octanol–water partition coefficient (Wildman–Crippen LogP) is 4.38. The number of ether oxygens (including phenoxy) is 2. The van der Waals surface area contributed by atoms with Crippen LogP contribution in [0, 0.1) is 5.82 Å². The van der Waals surface area contributed by atoms with Gasteiger partial charge in [0.2, 0.25) is 5.79 Å². The number of nitrogens with zero attached hydrogens (tertiary/aromatic N) is 4. The summed E-state index contributed by atoms with van der Waals surface area (Å²) in [5.74, 6) is -0.174. The maximum Gasteiger partial charge on any atom is 0.234 e. The lowest BCUT2D eigenvalue weighted by molar-refractivity contribution is -0.154. The van der Waals surface area contributed by atoms with E-state index in [0.29, 0.717) is 17.7 Å². The SMILES string of the molecule is COC1(OC)C=Nc2cc(F)c(CCN3CCN(c4nsc5ccccc45)CC3)cc21.Cl. The molecule has 5 rings (SSSR count). The quantitative estimate of drug-likeness (QED) is 0.494. The number of aliphatic imine (C=N–C) groups is 1. The van der Waals surface area contributed by atoms with Crippen molar-refractivity contribution in [2.45, 2.75) is 12.2 Å². The second-order valence-corrected chi connectivity index (χ2v) is 8.68. The van der Waals surface area contributed by atoms with E-state index in [4.69, 9.17) is 9.47 Å². The first-order valence-electron chi connectivity index (χ1n) is 10.4. The van der Waals surface area contributed by atoms with Gasteiger partial charge in [-0.15, -0.1) is 12.4 Å². The number of halogens is 2. The molecule has 6 nitrogen and oxygen atoms in total. The standard InChI is InChI=1S/C23H25FN4O2S.ClH/c1-29-23(30-2)15-25-20-14-19(24)16(13-18(20)23)7-8-27-9-11-28(12-10-27)22-17-5-3-4-6-21(17)31-26-22;/h3-6,13-15H,7-12H2,1-2H3;1H. The summed E-state index contributed by atoms with van der Waals surface area (Å²) in [5, 5.41) is 1.23. The monoisotopic (exact) mass is 476 g/mol. The van der Waals surface area contributed by atoms with Crippen LogP contribution in [-0.4, -0.2) is 62.4 Å². The Hall–Kier alpha value is -2.10. The summed E-state index contributed by atoms with van der Waals surface area (Å²) in [5.41, 5.74) is 1.99. The number of piperazine rings is 1. The third-order valence-electron chi connectivity index (χ3n) is 6.25. The molecule has 1 fully saturated rings. The van der Waals surface area contributed by atoms with E-state index in [2.05, 4.69) is 43.4 Å². The van der Waals surface area contributed by atoms with E-state index in [1.54, 1.807) is 32.0 Å². The van der Waals surface area contributed by atoms with Crippen molar-refractivity contribution in [1.29, 1.82) is 0 Å². The van der Waals surface area contributed by atoms with E-state index in [9.17, 15) is 4.39 Å². The molecule has 32 heavy (non-hydrogen) atoms. The van der Waals surface area contributed by atoms with Crippen molar-refractivity contribution in [3.63, 3.8) is 0 Å². The maximum atomic E-state index is 14.7. The van der Waals surface area contributed by atoms with Crippen LogP contribution in [0.5, 0.6) is 0 Å². The molecular formula is C23H26ClFN4O2S. The van der Waals surface area contributed by atoms with Crippen molar-refractivity contribution >= 4 is 51.7 Å². The molecule has 0 amide bonds. The second kappa shape index (κ2) is 9.41. The van der Waals surface area contributed by atoms with Crippen LogP contribution in [0.25, 0.3) is 10.1 Å². The van der Waals surface area contributed by atoms with Crippen molar-refractivity contribution in [1.82, 2.24) is 9.27 Å². The van der Waals surface area contributed by atoms with Gasteiger partial charge in [-0.3, -0.25) is 9.89 Å². The van der Waals surface area contributed by atoms with Crippen LogP contribution in [0.1, 0.15) is 11.1 Å². The molecule has 0 N–H and O–H groups in total. The number of rotatable bonds is 6. The number of methoxy groups -OCH3 is 2. The first-order valence-corrected chi connectivity index (χ1v) is 11.2. The van der Waals surface area contributed by atoms with Gasteiger partial charge in [-0.1, -0.05) is 12.1 Å². The van der Waals surface area contributed by atoms with Gasteiger partial charge in [0.15, 0.2) is 0 Å². The molecule has 2 aliphatic rings. The molecule has 0 saturated carbocycles. The van der Waals surface area contributed by atoms with Gasteiger partial charge < -0.3 is 14.4 Å². The fourth-order valence-corrected chi connectivity index (χ4v) is 5.18. The van der Waals surface area contributed by atoms with Gasteiger partial charge in [0.25, 0.3) is 0 Å². The maximum absolute atomic E-state index is 14.7. The Morgan fingerprint density at radius 1 is 1.09 bits per heavy atom. The van der Waals surface area contributed by atoms with E-state index in [-0.39, 0.29) is 18.2 Å². The smallest absolute Gasteiger partial charge is 0.234 e. The lowest BCUT2D eigenvalue weighted by Gasteiger charge is -2.35. The molecule has 2 aromatic carbocycles. The number of benzene rings is 2. The highest BCUT2D eigenvalue weighted by atomic mass is 35.5. The Morgan fingerprint density at radius 3 is 2.59 bits per heavy atom. The lowest BCUT2D eigenvalue weighted by Crippen LogP contribution is -2.47. The molecule has 3 aromatic rings. The topological polar surface area (TPSA) is 50.2 Å². The Morgan fingerprint density at radius 2 is 1.84 bits per heavy atom. The van der Waals surface area contributed by atoms with E-state index in [0.717, 1.165) is 44.1 Å². The second-order valence-electron chi connectivity index (χ2n) is 7.88. The lowest BCUT2D eigenvalue weighted by atomic mass is 10.0. The molecule has 0 bridgehead atoms. The van der Waals surface area contributed by atoms with E-state index in [1.807, 2.05) is 6.07 Å². The molecular weight excluding hydrogens is 451 g/mol. The summed E-state index contributed by atoms with van der Waals surface area (Å²) in [6.45, 7) is 4.51. The first-order chi connectivity index (χ1) is 15.1. The van der Waals surface area contributed by atoms with Crippen LogP contribution in [0.3, 0.4) is 0 Å². The summed E-state index contributed by atoms with van der Waals surface area (Å²) >= 11 is 1.55. The van der Waals surface area contributed by atoms with Gasteiger partial charge in [0, 0.05) is 64.0 Å². The molecule has 1 saturated heterocycles. The summed E-state index contributed by atoms with van der Waals surface area (Å²) in [6, 6.07) is 11.7. The molecule has 0 radical (unpaired) electrons. The highest BCUT2D eigenvalue weighted by Crippen LogP contribution is 2.39. The van der Waals surface area contributed by atoms with Crippen molar-refractivity contribution in [3.8, 4) is 0 Å². The van der Waals surface area contributed by atoms with Crippen LogP contribution in [0.4, 0.5) is 15.9 Å². The molecule has 170 valence electrons. The first kappa shape index (κ1) is 23.1. The Kier molecular flexibility index (Phi) is 6.78. The van der Waals surface area contributed by atoms with Gasteiger partial charge in [-0.2, -0.15) is 4.37 Å². The van der Waals surface area contributed by atoms with Gasteiger partial charge >= 0.3 is 0 Å². The van der Waals surface area contributed by atoms with Crippen LogP contribution >= 0.6 is 23.9 Å². The molecule has 9 heteroatoms. The molecule has 0 unspecified atom stereocenters. The van der Waals surface area contributed by atoms with E-state index in [1.165, 1.54) is 16.2 Å². The molecule has 1 aromatic heterocycles. The van der Waals surface area contributed by atoms with Crippen molar-refractivity contribution in [2.24, 2.45) is 4.99 Å². The number of aromatic nitrogens is 1. The predicted molar refractivity (Wildman–Crippen MR) is 129 cm³/mol. The van der Waals surface area contributed by atoms with Crippen LogP contribution in [-0.2, 0) is 21.7 Å². The zero-order valence-electron chi connectivity index (χ0n) is 18.1. The fraction of sp³-hybridized carbons (Fsp3) is 0.391. The fourth-order valence-electron chi connectivity index (χ4n) is 4.38. The average molecular weight is 477 g/mol. The number of fused-ring (bicyclic) bond motifs is 2. The van der Waals surface area contributed by atoms with Crippen LogP contribution in [0.2, 0.25) is 0 Å². The van der Waals surface area contributed by atoms with Crippen LogP contribution < -0.4 is 4.90 Å². The summed E-state index contributed by atoms with van der Waals surface area (Å²) in [7, 11) is 3.14. The summed E-state index contributed by atoms with van der Waals surface area (Å²) in [6.07, 6.45) is 2.21. The van der Waals surface area contributed by atoms with Crippen LogP contribution in [0.15, 0.2) is 41.4 Å². The average Bonchev–Trinajstić information content (AvgIpc) is 3.39. The summed E-state index contributed by atoms with van der Waals surface area (Å²) in [4.78, 5) is 9.00. The Balaban J connectivity index is 0.00000245. The Labute approximate surface area is 197 Å². The number of hydrogen-bond donors (Lipinski definition) is 0. The van der Waals surface area contributed by atoms with Gasteiger partial charge in [0.05, 0.1) is 16.6 Å². The molecule has 0 atom stereocenters. The number of hydrogen-bond acceptors (Lipinski definition) is 7. The van der Waals surface area contributed by atoms with E-state index < -0.39 is 5.79 Å². The highest BCUT2D eigenvalue weighted by molar-refractivity contribution is 7.13. The third kappa shape index (κ3) is 4.02. The molecule has 3 heterocycles. The molecule has 2 aliphatic heterocycles. The molecule has 0 aliphatic carbocycles. The summed E-state index contributed by atoms with van der Waals surface area (Å²) < 4.78 is 31.6. The number of anilines is 1. The van der Waals surface area contributed by atoms with Crippen molar-refractivity contribution < 1.29 is 13.9 Å². The highest BCUT2D eigenvalue weighted by Gasteiger charge is 2.37. The normalized spacial score (nSPS) is 17.5. The minimum absolute atomic E-state index is 0. The van der Waals surface area contributed by atoms with Gasteiger partial charge in [-0.25, -0.2) is 4.39 Å². The van der Waals surface area contributed by atoms with E-state index >= 15 is 0 Å². The van der Waals surface area contributed by atoms with Gasteiger partial charge in [-0.05, 0) is 41.7 Å². The largest absolute Gasteiger partial charge is 0.353 e. The third-order valence-corrected chi connectivity index (χ3v) is 7.06. The zero-order valence-corrected chi connectivity index (χ0v) is 19.7. The Bertz CT molecular complexity index is 1130. The van der Waals surface area contributed by atoms with Crippen molar-refractivity contribution in [3.05, 3.63) is 53.3 Å². The van der Waals surface area contributed by atoms with Crippen molar-refractivity contribution in [2.75, 3.05) is 51.8 Å². The zero-order chi connectivity index (χ0) is 21.4. The molecule has 0 spiro atoms. The van der Waals surface area contributed by atoms with Gasteiger partial charge in [0.1, 0.15) is 11.6 Å². The minimum Gasteiger partial charge on any atom is -0.353 e.